The molecule has 1 saturated heterocycles. The Morgan fingerprint density at radius 3 is 2.55 bits per heavy atom. The van der Waals surface area contributed by atoms with E-state index in [0.29, 0.717) is 0 Å². The van der Waals surface area contributed by atoms with Crippen molar-refractivity contribution in [3.63, 3.8) is 0 Å². The van der Waals surface area contributed by atoms with E-state index in [0.717, 1.165) is 61.8 Å². The van der Waals surface area contributed by atoms with E-state index in [-0.39, 0.29) is 5.91 Å². The fourth-order valence-electron chi connectivity index (χ4n) is 2.76. The molecule has 1 amide bonds. The number of thiazole rings is 1. The second-order valence-electron chi connectivity index (χ2n) is 5.54. The summed E-state index contributed by atoms with van der Waals surface area (Å²) < 4.78 is 0. The van der Waals surface area contributed by atoms with Gasteiger partial charge in [0.2, 0.25) is 5.91 Å². The third-order valence-electron chi connectivity index (χ3n) is 4.17. The highest BCUT2D eigenvalue weighted by atomic mass is 32.1. The first-order valence-electron chi connectivity index (χ1n) is 7.32. The molecule has 108 valence electrons. The SMILES string of the molecule is Cc1nc(N2CCN(C(=O)C3=CCCC3)CC2)sc1C. The highest BCUT2D eigenvalue weighted by Crippen LogP contribution is 2.26. The molecular formula is C15H21N3OS. The first kappa shape index (κ1) is 13.6. The normalized spacial score (nSPS) is 19.4. The molecule has 0 bridgehead atoms. The summed E-state index contributed by atoms with van der Waals surface area (Å²) in [5, 5.41) is 1.10. The van der Waals surface area contributed by atoms with Gasteiger partial charge in [-0.3, -0.25) is 4.79 Å². The molecule has 3 rings (SSSR count). The molecule has 1 aromatic rings. The molecule has 0 aromatic carbocycles. The molecule has 0 unspecified atom stereocenters. The van der Waals surface area contributed by atoms with Gasteiger partial charge < -0.3 is 9.80 Å². The zero-order valence-corrected chi connectivity index (χ0v) is 13.0. The predicted molar refractivity (Wildman–Crippen MR) is 82.3 cm³/mol. The third kappa shape index (κ3) is 2.59. The van der Waals surface area contributed by atoms with Crippen molar-refractivity contribution in [2.24, 2.45) is 0 Å². The minimum Gasteiger partial charge on any atom is -0.345 e. The summed E-state index contributed by atoms with van der Waals surface area (Å²) in [4.78, 5) is 22.5. The lowest BCUT2D eigenvalue weighted by molar-refractivity contribution is -0.127. The molecule has 2 aliphatic rings. The maximum Gasteiger partial charge on any atom is 0.249 e. The van der Waals surface area contributed by atoms with Crippen LogP contribution in [0.3, 0.4) is 0 Å². The van der Waals surface area contributed by atoms with Gasteiger partial charge in [-0.1, -0.05) is 6.08 Å². The van der Waals surface area contributed by atoms with E-state index in [1.165, 1.54) is 4.88 Å². The number of aryl methyl sites for hydroxylation is 2. The van der Waals surface area contributed by atoms with Gasteiger partial charge in [0.1, 0.15) is 0 Å². The number of amides is 1. The summed E-state index contributed by atoms with van der Waals surface area (Å²) in [5.74, 6) is 0.258. The Morgan fingerprint density at radius 1 is 1.25 bits per heavy atom. The van der Waals surface area contributed by atoms with E-state index in [1.54, 1.807) is 11.3 Å². The zero-order chi connectivity index (χ0) is 14.1. The van der Waals surface area contributed by atoms with Gasteiger partial charge >= 0.3 is 0 Å². The summed E-state index contributed by atoms with van der Waals surface area (Å²) in [6, 6.07) is 0. The lowest BCUT2D eigenvalue weighted by atomic mass is 10.2. The van der Waals surface area contributed by atoms with Crippen LogP contribution in [0.5, 0.6) is 0 Å². The zero-order valence-electron chi connectivity index (χ0n) is 12.2. The van der Waals surface area contributed by atoms with Crippen LogP contribution in [-0.2, 0) is 4.79 Å². The molecule has 0 radical (unpaired) electrons. The van der Waals surface area contributed by atoms with Crippen molar-refractivity contribution < 1.29 is 4.79 Å². The standard InChI is InChI=1S/C15H21N3OS/c1-11-12(2)20-15(16-11)18-9-7-17(8-10-18)14(19)13-5-3-4-6-13/h5H,3-4,6-10H2,1-2H3. The Hall–Kier alpha value is -1.36. The second-order valence-corrected chi connectivity index (χ2v) is 6.72. The quantitative estimate of drug-likeness (QED) is 0.840. The molecule has 1 aliphatic carbocycles. The lowest BCUT2D eigenvalue weighted by Gasteiger charge is -2.34. The highest BCUT2D eigenvalue weighted by molar-refractivity contribution is 7.15. The average molecular weight is 291 g/mol. The number of hydrogen-bond acceptors (Lipinski definition) is 4. The van der Waals surface area contributed by atoms with Crippen molar-refractivity contribution in [3.05, 3.63) is 22.2 Å². The molecule has 1 aliphatic heterocycles. The number of allylic oxidation sites excluding steroid dienone is 1. The molecule has 4 nitrogen and oxygen atoms in total. The fourth-order valence-corrected chi connectivity index (χ4v) is 3.72. The largest absolute Gasteiger partial charge is 0.345 e. The molecule has 5 heteroatoms. The fraction of sp³-hybridized carbons (Fsp3) is 0.600. The van der Waals surface area contributed by atoms with E-state index < -0.39 is 0 Å². The monoisotopic (exact) mass is 291 g/mol. The number of piperazine rings is 1. The second kappa shape index (κ2) is 5.56. The van der Waals surface area contributed by atoms with Gasteiger partial charge in [-0.15, -0.1) is 11.3 Å². The first-order chi connectivity index (χ1) is 9.65. The molecule has 0 atom stereocenters. The number of carbonyl (C=O) groups excluding carboxylic acids is 1. The van der Waals surface area contributed by atoms with Gasteiger partial charge in [-0.25, -0.2) is 4.98 Å². The number of anilines is 1. The van der Waals surface area contributed by atoms with Crippen molar-refractivity contribution >= 4 is 22.4 Å². The summed E-state index contributed by atoms with van der Waals surface area (Å²) in [6.07, 6.45) is 5.28. The van der Waals surface area contributed by atoms with Gasteiger partial charge in [0, 0.05) is 36.6 Å². The minimum absolute atomic E-state index is 0.258. The van der Waals surface area contributed by atoms with E-state index in [2.05, 4.69) is 29.8 Å². The minimum atomic E-state index is 0.258. The van der Waals surface area contributed by atoms with E-state index in [4.69, 9.17) is 0 Å². The summed E-state index contributed by atoms with van der Waals surface area (Å²) in [6.45, 7) is 7.59. The van der Waals surface area contributed by atoms with E-state index >= 15 is 0 Å². The van der Waals surface area contributed by atoms with Crippen LogP contribution in [0.1, 0.15) is 29.8 Å². The smallest absolute Gasteiger partial charge is 0.249 e. The van der Waals surface area contributed by atoms with Crippen molar-refractivity contribution in [3.8, 4) is 0 Å². The Balaban J connectivity index is 1.60. The van der Waals surface area contributed by atoms with Crippen LogP contribution in [-0.4, -0.2) is 42.0 Å². The maximum atomic E-state index is 12.3. The van der Waals surface area contributed by atoms with Crippen LogP contribution < -0.4 is 4.90 Å². The Morgan fingerprint density at radius 2 is 2.00 bits per heavy atom. The summed E-state index contributed by atoms with van der Waals surface area (Å²) in [5.41, 5.74) is 2.15. The van der Waals surface area contributed by atoms with Crippen molar-refractivity contribution in [2.75, 3.05) is 31.1 Å². The van der Waals surface area contributed by atoms with Gasteiger partial charge in [0.25, 0.3) is 0 Å². The topological polar surface area (TPSA) is 36.4 Å². The van der Waals surface area contributed by atoms with Gasteiger partial charge in [0.05, 0.1) is 5.69 Å². The van der Waals surface area contributed by atoms with Gasteiger partial charge in [-0.05, 0) is 33.1 Å². The third-order valence-corrected chi connectivity index (χ3v) is 5.30. The molecule has 0 saturated carbocycles. The molecule has 1 fully saturated rings. The van der Waals surface area contributed by atoms with Crippen LogP contribution in [0.4, 0.5) is 5.13 Å². The Bertz CT molecular complexity index is 522. The summed E-state index contributed by atoms with van der Waals surface area (Å²) in [7, 11) is 0. The van der Waals surface area contributed by atoms with Crippen molar-refractivity contribution in [2.45, 2.75) is 33.1 Å². The van der Waals surface area contributed by atoms with Crippen molar-refractivity contribution in [1.29, 1.82) is 0 Å². The number of carbonyl (C=O) groups is 1. The molecule has 0 spiro atoms. The van der Waals surface area contributed by atoms with E-state index in [1.807, 2.05) is 4.90 Å². The molecule has 0 N–H and O–H groups in total. The van der Waals surface area contributed by atoms with Crippen LogP contribution in [0.15, 0.2) is 11.6 Å². The average Bonchev–Trinajstić information content (AvgIpc) is 3.09. The molecular weight excluding hydrogens is 270 g/mol. The lowest BCUT2D eigenvalue weighted by Crippen LogP contribution is -2.49. The molecule has 20 heavy (non-hydrogen) atoms. The van der Waals surface area contributed by atoms with Crippen LogP contribution in [0.25, 0.3) is 0 Å². The Labute approximate surface area is 124 Å². The first-order valence-corrected chi connectivity index (χ1v) is 8.14. The summed E-state index contributed by atoms with van der Waals surface area (Å²) >= 11 is 1.76. The van der Waals surface area contributed by atoms with Crippen LogP contribution in [0, 0.1) is 13.8 Å². The number of aromatic nitrogens is 1. The van der Waals surface area contributed by atoms with Gasteiger partial charge in [0.15, 0.2) is 5.13 Å². The van der Waals surface area contributed by atoms with Crippen LogP contribution in [0.2, 0.25) is 0 Å². The van der Waals surface area contributed by atoms with Crippen LogP contribution >= 0.6 is 11.3 Å². The van der Waals surface area contributed by atoms with Crippen molar-refractivity contribution in [1.82, 2.24) is 9.88 Å². The Kier molecular flexibility index (Phi) is 3.78. The highest BCUT2D eigenvalue weighted by Gasteiger charge is 2.25. The van der Waals surface area contributed by atoms with E-state index in [9.17, 15) is 4.79 Å². The number of hydrogen-bond donors (Lipinski definition) is 0. The molecule has 1 aromatic heterocycles. The predicted octanol–water partition coefficient (Wildman–Crippen LogP) is 2.52. The number of rotatable bonds is 2. The van der Waals surface area contributed by atoms with Gasteiger partial charge in [-0.2, -0.15) is 0 Å². The number of nitrogens with zero attached hydrogens (tertiary/aromatic N) is 3. The maximum absolute atomic E-state index is 12.3. The molecule has 2 heterocycles.